The Morgan fingerprint density at radius 3 is 2.98 bits per heavy atom. The summed E-state index contributed by atoms with van der Waals surface area (Å²) in [5.74, 6) is 2.07. The van der Waals surface area contributed by atoms with E-state index in [1.54, 1.807) is 10.9 Å². The van der Waals surface area contributed by atoms with E-state index < -0.39 is 0 Å². The monoisotopic (exact) mass is 589 g/mol. The third-order valence-corrected chi connectivity index (χ3v) is 8.94. The van der Waals surface area contributed by atoms with E-state index in [2.05, 4.69) is 36.3 Å². The molecule has 14 heteroatoms. The molecule has 1 saturated heterocycles. The van der Waals surface area contributed by atoms with Crippen molar-refractivity contribution in [3.05, 3.63) is 40.4 Å². The lowest BCUT2D eigenvalue weighted by Crippen LogP contribution is -2.32. The minimum Gasteiger partial charge on any atom is -0.475 e. The van der Waals surface area contributed by atoms with Crippen molar-refractivity contribution in [3.8, 4) is 23.5 Å². The lowest BCUT2D eigenvalue weighted by Gasteiger charge is -2.22. The molecule has 2 aliphatic rings. The smallest absolute Gasteiger partial charge is 0.253 e. The van der Waals surface area contributed by atoms with Crippen LogP contribution in [0.15, 0.2) is 23.0 Å². The second kappa shape index (κ2) is 12.8. The fraction of sp³-hybridized carbons (Fsp3) is 0.536. The molecular formula is C28H35N11O2S. The Labute approximate surface area is 248 Å². The molecule has 13 nitrogen and oxygen atoms in total. The first kappa shape index (κ1) is 28.0. The normalized spacial score (nSPS) is 17.5. The summed E-state index contributed by atoms with van der Waals surface area (Å²) in [5, 5.41) is 22.5. The van der Waals surface area contributed by atoms with Gasteiger partial charge in [-0.2, -0.15) is 10.2 Å². The molecule has 0 aromatic carbocycles. The Bertz CT molecular complexity index is 1540. The quantitative estimate of drug-likeness (QED) is 0.269. The van der Waals surface area contributed by atoms with E-state index in [0.29, 0.717) is 46.4 Å². The van der Waals surface area contributed by atoms with Gasteiger partial charge in [-0.1, -0.05) is 15.5 Å². The summed E-state index contributed by atoms with van der Waals surface area (Å²) in [7, 11) is 0. The number of rotatable bonds is 10. The lowest BCUT2D eigenvalue weighted by molar-refractivity contribution is 0.256. The average molecular weight is 590 g/mol. The number of hydrogen-bond donors (Lipinski definition) is 1. The van der Waals surface area contributed by atoms with Gasteiger partial charge < -0.3 is 24.8 Å². The first-order valence-corrected chi connectivity index (χ1v) is 15.4. The molecule has 0 bridgehead atoms. The number of hydrogen-bond acceptors (Lipinski definition) is 13. The van der Waals surface area contributed by atoms with E-state index in [1.807, 2.05) is 19.2 Å². The van der Waals surface area contributed by atoms with Gasteiger partial charge in [0.1, 0.15) is 16.8 Å². The molecule has 0 radical (unpaired) electrons. The maximum atomic E-state index is 9.69. The molecule has 2 N–H and O–H groups in total. The lowest BCUT2D eigenvalue weighted by atomic mass is 9.85. The van der Waals surface area contributed by atoms with Gasteiger partial charge in [0.15, 0.2) is 0 Å². The standard InChI is InChI=1S/C28H35N11O2S/c1-2-39-18-23(34-36-39)40-16-4-3-11-37-12-6-13-38(15-14-37)28-31-10-9-21(32-28)26-33-27(41-35-26)19-7-5-8-22-24(19)20(17-29)25(30)42-22/h9-10,18-19H,2-8,11-16,30H2,1H3. The number of anilines is 2. The van der Waals surface area contributed by atoms with Gasteiger partial charge in [-0.25, -0.2) is 14.6 Å². The molecule has 0 saturated carbocycles. The number of fused-ring (bicyclic) bond motifs is 1. The SMILES string of the molecule is CCn1cc(OCCCCN2CCCN(c3nccc(-c4noc(C5CCCc6sc(N)c(C#N)c65)n4)n3)CC2)nn1. The van der Waals surface area contributed by atoms with E-state index in [9.17, 15) is 5.26 Å². The summed E-state index contributed by atoms with van der Waals surface area (Å²) in [5.41, 5.74) is 8.25. The van der Waals surface area contributed by atoms with Crippen LogP contribution in [-0.2, 0) is 13.0 Å². The molecule has 1 unspecified atom stereocenters. The summed E-state index contributed by atoms with van der Waals surface area (Å²) < 4.78 is 13.2. The number of unbranched alkanes of at least 4 members (excludes halogenated alkanes) is 1. The number of aryl methyl sites for hydroxylation is 2. The van der Waals surface area contributed by atoms with Crippen LogP contribution < -0.4 is 15.4 Å². The first-order chi connectivity index (χ1) is 20.6. The highest BCUT2D eigenvalue weighted by molar-refractivity contribution is 7.16. The van der Waals surface area contributed by atoms with Gasteiger partial charge in [-0.3, -0.25) is 0 Å². The molecule has 6 rings (SSSR count). The Morgan fingerprint density at radius 1 is 1.19 bits per heavy atom. The number of nitrogen functional groups attached to an aromatic ring is 1. The zero-order valence-corrected chi connectivity index (χ0v) is 24.6. The maximum absolute atomic E-state index is 9.69. The van der Waals surface area contributed by atoms with Gasteiger partial charge in [0.25, 0.3) is 5.88 Å². The van der Waals surface area contributed by atoms with Gasteiger partial charge in [0, 0.05) is 37.3 Å². The van der Waals surface area contributed by atoms with Crippen LogP contribution in [0.3, 0.4) is 0 Å². The summed E-state index contributed by atoms with van der Waals surface area (Å²) in [6, 6.07) is 4.08. The van der Waals surface area contributed by atoms with E-state index in [0.717, 1.165) is 88.2 Å². The Morgan fingerprint density at radius 2 is 2.12 bits per heavy atom. The van der Waals surface area contributed by atoms with Gasteiger partial charge in [-0.15, -0.1) is 11.3 Å². The van der Waals surface area contributed by atoms with Crippen LogP contribution >= 0.6 is 11.3 Å². The Balaban J connectivity index is 1.04. The zero-order valence-electron chi connectivity index (χ0n) is 23.8. The van der Waals surface area contributed by atoms with Crippen molar-refractivity contribution < 1.29 is 9.26 Å². The van der Waals surface area contributed by atoms with Crippen LogP contribution in [0.4, 0.5) is 10.9 Å². The molecule has 1 atom stereocenters. The highest BCUT2D eigenvalue weighted by Crippen LogP contribution is 2.44. The van der Waals surface area contributed by atoms with Crippen LogP contribution in [0.2, 0.25) is 0 Å². The summed E-state index contributed by atoms with van der Waals surface area (Å²) in [6.07, 6.45) is 9.39. The second-order valence-corrected chi connectivity index (χ2v) is 11.7. The van der Waals surface area contributed by atoms with E-state index in [-0.39, 0.29) is 5.92 Å². The predicted octanol–water partition coefficient (Wildman–Crippen LogP) is 3.49. The molecule has 4 aromatic heterocycles. The van der Waals surface area contributed by atoms with E-state index >= 15 is 0 Å². The second-order valence-electron chi connectivity index (χ2n) is 10.6. The van der Waals surface area contributed by atoms with Gasteiger partial charge in [-0.05, 0) is 70.2 Å². The fourth-order valence-electron chi connectivity index (χ4n) is 5.65. The highest BCUT2D eigenvalue weighted by atomic mass is 32.1. The first-order valence-electron chi connectivity index (χ1n) is 14.6. The number of nitriles is 1. The molecule has 220 valence electrons. The van der Waals surface area contributed by atoms with Crippen LogP contribution in [0.5, 0.6) is 5.88 Å². The minimum absolute atomic E-state index is 0.126. The molecule has 5 heterocycles. The number of ether oxygens (including phenoxy) is 1. The van der Waals surface area contributed by atoms with Crippen LogP contribution in [0.25, 0.3) is 11.5 Å². The average Bonchev–Trinajstić information content (AvgIpc) is 3.72. The number of aromatic nitrogens is 7. The largest absolute Gasteiger partial charge is 0.475 e. The minimum atomic E-state index is -0.126. The molecule has 1 fully saturated rings. The van der Waals surface area contributed by atoms with Crippen molar-refractivity contribution in [1.82, 2.24) is 40.0 Å². The predicted molar refractivity (Wildman–Crippen MR) is 157 cm³/mol. The third kappa shape index (κ3) is 6.07. The third-order valence-electron chi connectivity index (χ3n) is 7.85. The van der Waals surface area contributed by atoms with Gasteiger partial charge >= 0.3 is 0 Å². The number of thiophene rings is 1. The topological polar surface area (TPSA) is 161 Å². The van der Waals surface area contributed by atoms with Crippen molar-refractivity contribution in [2.24, 2.45) is 0 Å². The molecule has 1 aliphatic carbocycles. The summed E-state index contributed by atoms with van der Waals surface area (Å²) in [6.45, 7) is 8.19. The highest BCUT2D eigenvalue weighted by Gasteiger charge is 2.32. The van der Waals surface area contributed by atoms with Gasteiger partial charge in [0.05, 0.1) is 24.3 Å². The molecule has 0 amide bonds. The van der Waals surface area contributed by atoms with Crippen LogP contribution in [0, 0.1) is 11.3 Å². The fourth-order valence-corrected chi connectivity index (χ4v) is 6.78. The Kier molecular flexibility index (Phi) is 8.57. The maximum Gasteiger partial charge on any atom is 0.253 e. The molecule has 4 aromatic rings. The van der Waals surface area contributed by atoms with Crippen LogP contribution in [-0.4, -0.2) is 79.3 Å². The van der Waals surface area contributed by atoms with E-state index in [1.165, 1.54) is 11.3 Å². The molecular weight excluding hydrogens is 554 g/mol. The number of nitrogens with two attached hydrogens (primary N) is 1. The molecule has 42 heavy (non-hydrogen) atoms. The summed E-state index contributed by atoms with van der Waals surface area (Å²) >= 11 is 1.49. The zero-order chi connectivity index (χ0) is 28.9. The molecule has 1 aliphatic heterocycles. The summed E-state index contributed by atoms with van der Waals surface area (Å²) in [4.78, 5) is 20.0. The van der Waals surface area contributed by atoms with Crippen molar-refractivity contribution >= 4 is 22.3 Å². The van der Waals surface area contributed by atoms with E-state index in [4.69, 9.17) is 25.0 Å². The van der Waals surface area contributed by atoms with Crippen molar-refractivity contribution in [1.29, 1.82) is 5.26 Å². The van der Waals surface area contributed by atoms with Crippen molar-refractivity contribution in [2.75, 3.05) is 50.0 Å². The number of nitrogens with zero attached hydrogens (tertiary/aromatic N) is 10. The Hall–Kier alpha value is -4.09. The molecule has 0 spiro atoms. The van der Waals surface area contributed by atoms with Crippen LogP contribution in [0.1, 0.15) is 66.8 Å². The van der Waals surface area contributed by atoms with Gasteiger partial charge in [0.2, 0.25) is 17.7 Å². The van der Waals surface area contributed by atoms with Crippen molar-refractivity contribution in [3.63, 3.8) is 0 Å². The van der Waals surface area contributed by atoms with Crippen molar-refractivity contribution in [2.45, 2.75) is 57.9 Å².